The zero-order valence-corrected chi connectivity index (χ0v) is 9.23. The fraction of sp³-hybridized carbons (Fsp3) is 1.00. The molecular formula is C11H23NO. The maximum atomic E-state index is 5.57. The van der Waals surface area contributed by atoms with Gasteiger partial charge in [0.25, 0.3) is 0 Å². The molecular weight excluding hydrogens is 162 g/mol. The number of hydrogen-bond acceptors (Lipinski definition) is 2. The molecule has 1 aliphatic heterocycles. The molecule has 1 saturated heterocycles. The molecule has 0 aliphatic carbocycles. The first-order valence-electron chi connectivity index (χ1n) is 5.57. The quantitative estimate of drug-likeness (QED) is 0.710. The molecule has 0 aromatic rings. The summed E-state index contributed by atoms with van der Waals surface area (Å²) in [7, 11) is 0. The minimum atomic E-state index is 0.311. The van der Waals surface area contributed by atoms with Gasteiger partial charge in [-0.2, -0.15) is 0 Å². The summed E-state index contributed by atoms with van der Waals surface area (Å²) in [6.07, 6.45) is 5.32. The Bertz CT molecular complexity index is 137. The van der Waals surface area contributed by atoms with Crippen LogP contribution in [0.3, 0.4) is 0 Å². The summed E-state index contributed by atoms with van der Waals surface area (Å²) in [5.74, 6) is 0. The molecule has 1 atom stereocenters. The minimum absolute atomic E-state index is 0.311. The van der Waals surface area contributed by atoms with E-state index in [0.29, 0.717) is 11.6 Å². The second-order valence-corrected chi connectivity index (χ2v) is 4.28. The van der Waals surface area contributed by atoms with E-state index in [2.05, 4.69) is 26.1 Å². The second kappa shape index (κ2) is 4.97. The van der Waals surface area contributed by atoms with Crippen LogP contribution in [0.1, 0.15) is 46.5 Å². The zero-order chi connectivity index (χ0) is 9.73. The predicted molar refractivity (Wildman–Crippen MR) is 56.0 cm³/mol. The highest BCUT2D eigenvalue weighted by Crippen LogP contribution is 2.16. The number of ether oxygens (including phenoxy) is 1. The van der Waals surface area contributed by atoms with Gasteiger partial charge in [-0.05, 0) is 32.6 Å². The SMILES string of the molecule is CCC(C)(CC)NC[C@H]1CCCO1. The lowest BCUT2D eigenvalue weighted by molar-refractivity contribution is 0.101. The number of hydrogen-bond donors (Lipinski definition) is 1. The van der Waals surface area contributed by atoms with Crippen LogP contribution in [0.25, 0.3) is 0 Å². The Labute approximate surface area is 82.0 Å². The number of nitrogens with one attached hydrogen (secondary N) is 1. The van der Waals surface area contributed by atoms with Gasteiger partial charge in [0.15, 0.2) is 0 Å². The Morgan fingerprint density at radius 2 is 2.08 bits per heavy atom. The molecule has 1 N–H and O–H groups in total. The number of rotatable bonds is 5. The second-order valence-electron chi connectivity index (χ2n) is 4.28. The third kappa shape index (κ3) is 3.28. The van der Waals surface area contributed by atoms with Gasteiger partial charge in [0.2, 0.25) is 0 Å². The van der Waals surface area contributed by atoms with E-state index in [-0.39, 0.29) is 0 Å². The van der Waals surface area contributed by atoms with Crippen LogP contribution in [0, 0.1) is 0 Å². The molecule has 0 unspecified atom stereocenters. The highest BCUT2D eigenvalue weighted by Gasteiger charge is 2.22. The molecule has 1 rings (SSSR count). The van der Waals surface area contributed by atoms with Crippen molar-refractivity contribution in [2.24, 2.45) is 0 Å². The normalized spacial score (nSPS) is 23.8. The molecule has 0 saturated carbocycles. The highest BCUT2D eigenvalue weighted by molar-refractivity contribution is 4.81. The molecule has 0 bridgehead atoms. The Morgan fingerprint density at radius 1 is 1.38 bits per heavy atom. The first-order valence-corrected chi connectivity index (χ1v) is 5.57. The summed E-state index contributed by atoms with van der Waals surface area (Å²) in [5.41, 5.74) is 0.311. The van der Waals surface area contributed by atoms with Crippen LogP contribution < -0.4 is 5.32 Å². The smallest absolute Gasteiger partial charge is 0.0700 e. The molecule has 0 amide bonds. The molecule has 0 radical (unpaired) electrons. The first kappa shape index (κ1) is 11.0. The summed E-state index contributed by atoms with van der Waals surface area (Å²) in [5, 5.41) is 3.61. The molecule has 0 aromatic heterocycles. The van der Waals surface area contributed by atoms with Gasteiger partial charge in [0.1, 0.15) is 0 Å². The van der Waals surface area contributed by atoms with E-state index in [0.717, 1.165) is 13.2 Å². The molecule has 0 spiro atoms. The van der Waals surface area contributed by atoms with Gasteiger partial charge in [0, 0.05) is 18.7 Å². The van der Waals surface area contributed by atoms with Crippen LogP contribution in [0.2, 0.25) is 0 Å². The van der Waals surface area contributed by atoms with Gasteiger partial charge < -0.3 is 10.1 Å². The monoisotopic (exact) mass is 185 g/mol. The van der Waals surface area contributed by atoms with Crippen molar-refractivity contribution in [1.29, 1.82) is 0 Å². The first-order chi connectivity index (χ1) is 6.20. The zero-order valence-electron chi connectivity index (χ0n) is 9.23. The van der Waals surface area contributed by atoms with E-state index in [1.807, 2.05) is 0 Å². The van der Waals surface area contributed by atoms with E-state index in [9.17, 15) is 0 Å². The summed E-state index contributed by atoms with van der Waals surface area (Å²) in [6.45, 7) is 8.76. The van der Waals surface area contributed by atoms with E-state index in [4.69, 9.17) is 4.74 Å². The summed E-state index contributed by atoms with van der Waals surface area (Å²) in [4.78, 5) is 0. The van der Waals surface area contributed by atoms with Crippen molar-refractivity contribution >= 4 is 0 Å². The molecule has 2 heteroatoms. The molecule has 1 heterocycles. The Morgan fingerprint density at radius 3 is 2.54 bits per heavy atom. The molecule has 1 aliphatic rings. The third-order valence-electron chi connectivity index (χ3n) is 3.34. The van der Waals surface area contributed by atoms with Crippen LogP contribution in [0.15, 0.2) is 0 Å². The van der Waals surface area contributed by atoms with Gasteiger partial charge in [-0.3, -0.25) is 0 Å². The van der Waals surface area contributed by atoms with Crippen molar-refractivity contribution in [3.63, 3.8) is 0 Å². The van der Waals surface area contributed by atoms with Crippen molar-refractivity contribution in [2.75, 3.05) is 13.2 Å². The van der Waals surface area contributed by atoms with Crippen molar-refractivity contribution in [3.8, 4) is 0 Å². The average Bonchev–Trinajstić information content (AvgIpc) is 2.67. The van der Waals surface area contributed by atoms with Crippen LogP contribution in [0.4, 0.5) is 0 Å². The van der Waals surface area contributed by atoms with Gasteiger partial charge in [-0.1, -0.05) is 13.8 Å². The van der Waals surface area contributed by atoms with Gasteiger partial charge >= 0.3 is 0 Å². The van der Waals surface area contributed by atoms with Crippen LogP contribution in [-0.4, -0.2) is 24.8 Å². The standard InChI is InChI=1S/C11H23NO/c1-4-11(3,5-2)12-9-10-7-6-8-13-10/h10,12H,4-9H2,1-3H3/t10-/m1/s1. The predicted octanol–water partition coefficient (Wildman–Crippen LogP) is 2.33. The Hall–Kier alpha value is -0.0800. The van der Waals surface area contributed by atoms with E-state index < -0.39 is 0 Å². The Kier molecular flexibility index (Phi) is 4.20. The van der Waals surface area contributed by atoms with Crippen molar-refractivity contribution in [1.82, 2.24) is 5.32 Å². The third-order valence-corrected chi connectivity index (χ3v) is 3.34. The minimum Gasteiger partial charge on any atom is -0.377 e. The summed E-state index contributed by atoms with van der Waals surface area (Å²) < 4.78 is 5.57. The molecule has 0 aromatic carbocycles. The fourth-order valence-corrected chi connectivity index (χ4v) is 1.67. The average molecular weight is 185 g/mol. The largest absolute Gasteiger partial charge is 0.377 e. The summed E-state index contributed by atoms with van der Waals surface area (Å²) >= 11 is 0. The van der Waals surface area contributed by atoms with Crippen LogP contribution in [-0.2, 0) is 4.74 Å². The van der Waals surface area contributed by atoms with Crippen molar-refractivity contribution in [2.45, 2.75) is 58.1 Å². The van der Waals surface area contributed by atoms with E-state index >= 15 is 0 Å². The Balaban J connectivity index is 2.22. The van der Waals surface area contributed by atoms with Crippen LogP contribution in [0.5, 0.6) is 0 Å². The maximum Gasteiger partial charge on any atom is 0.0700 e. The van der Waals surface area contributed by atoms with E-state index in [1.54, 1.807) is 0 Å². The fourth-order valence-electron chi connectivity index (χ4n) is 1.67. The maximum absolute atomic E-state index is 5.57. The van der Waals surface area contributed by atoms with Crippen molar-refractivity contribution < 1.29 is 4.74 Å². The topological polar surface area (TPSA) is 21.3 Å². The lowest BCUT2D eigenvalue weighted by atomic mass is 9.95. The molecule has 1 fully saturated rings. The lowest BCUT2D eigenvalue weighted by Gasteiger charge is -2.29. The van der Waals surface area contributed by atoms with Gasteiger partial charge in [-0.15, -0.1) is 0 Å². The molecule has 13 heavy (non-hydrogen) atoms. The van der Waals surface area contributed by atoms with Crippen LogP contribution >= 0.6 is 0 Å². The molecule has 78 valence electrons. The highest BCUT2D eigenvalue weighted by atomic mass is 16.5. The summed E-state index contributed by atoms with van der Waals surface area (Å²) in [6, 6.07) is 0. The molecule has 2 nitrogen and oxygen atoms in total. The lowest BCUT2D eigenvalue weighted by Crippen LogP contribution is -2.44. The van der Waals surface area contributed by atoms with Gasteiger partial charge in [-0.25, -0.2) is 0 Å². The van der Waals surface area contributed by atoms with Gasteiger partial charge in [0.05, 0.1) is 6.10 Å². The van der Waals surface area contributed by atoms with Crippen molar-refractivity contribution in [3.05, 3.63) is 0 Å². The van der Waals surface area contributed by atoms with E-state index in [1.165, 1.54) is 25.7 Å².